The summed E-state index contributed by atoms with van der Waals surface area (Å²) in [5.41, 5.74) is 2.18. The van der Waals surface area contributed by atoms with Crippen molar-refractivity contribution in [3.63, 3.8) is 0 Å². The third-order valence-corrected chi connectivity index (χ3v) is 3.02. The Labute approximate surface area is 113 Å². The van der Waals surface area contributed by atoms with Gasteiger partial charge in [0.05, 0.1) is 5.69 Å². The number of nitrogens with one attached hydrogen (secondary N) is 1. The first kappa shape index (κ1) is 13.7. The lowest BCUT2D eigenvalue weighted by molar-refractivity contribution is 0.276. The van der Waals surface area contributed by atoms with E-state index in [4.69, 9.17) is 5.11 Å². The van der Waals surface area contributed by atoms with Crippen molar-refractivity contribution in [1.29, 1.82) is 0 Å². The van der Waals surface area contributed by atoms with Crippen LogP contribution in [0.5, 0.6) is 0 Å². The number of aliphatic hydroxyl groups is 1. The summed E-state index contributed by atoms with van der Waals surface area (Å²) in [5.74, 6) is 0. The van der Waals surface area contributed by atoms with E-state index >= 15 is 0 Å². The zero-order valence-corrected chi connectivity index (χ0v) is 11.2. The smallest absolute Gasteiger partial charge is 0.0965 e. The zero-order valence-electron chi connectivity index (χ0n) is 11.2. The van der Waals surface area contributed by atoms with Crippen LogP contribution in [0, 0.1) is 0 Å². The molecule has 0 bridgehead atoms. The molecular formula is C14H20N4O. The summed E-state index contributed by atoms with van der Waals surface area (Å²) >= 11 is 0. The van der Waals surface area contributed by atoms with Crippen LogP contribution in [0.4, 0.5) is 0 Å². The first-order valence-corrected chi connectivity index (χ1v) is 6.58. The molecule has 0 aliphatic rings. The standard InChI is InChI=1S/C14H20N4O/c1-12(13-6-3-2-4-7-13)15-10-14-11-18(17-16-14)8-5-9-19/h2-4,6-7,11-12,15,19H,5,8-10H2,1H3/t12-/m1/s1. The molecular weight excluding hydrogens is 240 g/mol. The van der Waals surface area contributed by atoms with Gasteiger partial charge in [0.2, 0.25) is 0 Å². The molecule has 19 heavy (non-hydrogen) atoms. The van der Waals surface area contributed by atoms with E-state index in [0.717, 1.165) is 5.69 Å². The SMILES string of the molecule is C[C@@H](NCc1cn(CCCO)nn1)c1ccccc1. The minimum Gasteiger partial charge on any atom is -0.396 e. The average molecular weight is 260 g/mol. The summed E-state index contributed by atoms with van der Waals surface area (Å²) in [5, 5.41) is 20.3. The van der Waals surface area contributed by atoms with E-state index in [1.807, 2.05) is 24.4 Å². The number of hydrogen-bond donors (Lipinski definition) is 2. The molecule has 1 aromatic heterocycles. The molecule has 0 aliphatic heterocycles. The lowest BCUT2D eigenvalue weighted by Crippen LogP contribution is -2.18. The maximum atomic E-state index is 8.76. The number of aromatic nitrogens is 3. The predicted octanol–water partition coefficient (Wildman–Crippen LogP) is 1.51. The Hall–Kier alpha value is -1.72. The molecule has 0 saturated heterocycles. The summed E-state index contributed by atoms with van der Waals surface area (Å²) in [6, 6.07) is 10.6. The van der Waals surface area contributed by atoms with Gasteiger partial charge in [-0.3, -0.25) is 4.68 Å². The maximum Gasteiger partial charge on any atom is 0.0965 e. The van der Waals surface area contributed by atoms with E-state index in [2.05, 4.69) is 34.7 Å². The van der Waals surface area contributed by atoms with Gasteiger partial charge in [-0.15, -0.1) is 5.10 Å². The predicted molar refractivity (Wildman–Crippen MR) is 73.4 cm³/mol. The normalized spacial score (nSPS) is 12.5. The highest BCUT2D eigenvalue weighted by atomic mass is 16.3. The van der Waals surface area contributed by atoms with Crippen molar-refractivity contribution in [2.45, 2.75) is 32.5 Å². The van der Waals surface area contributed by atoms with Crippen molar-refractivity contribution < 1.29 is 5.11 Å². The van der Waals surface area contributed by atoms with E-state index < -0.39 is 0 Å². The molecule has 0 aliphatic carbocycles. The molecule has 1 heterocycles. The zero-order chi connectivity index (χ0) is 13.5. The Morgan fingerprint density at radius 2 is 2.11 bits per heavy atom. The fourth-order valence-corrected chi connectivity index (χ4v) is 1.88. The molecule has 0 saturated carbocycles. The third-order valence-electron chi connectivity index (χ3n) is 3.02. The highest BCUT2D eigenvalue weighted by molar-refractivity contribution is 5.18. The number of aryl methyl sites for hydroxylation is 1. The largest absolute Gasteiger partial charge is 0.396 e. The third kappa shape index (κ3) is 4.15. The molecule has 5 heteroatoms. The lowest BCUT2D eigenvalue weighted by Gasteiger charge is -2.12. The first-order chi connectivity index (χ1) is 9.29. The van der Waals surface area contributed by atoms with Crippen molar-refractivity contribution in [3.05, 3.63) is 47.8 Å². The molecule has 0 unspecified atom stereocenters. The van der Waals surface area contributed by atoms with Crippen LogP contribution >= 0.6 is 0 Å². The number of benzene rings is 1. The van der Waals surface area contributed by atoms with Gasteiger partial charge in [-0.25, -0.2) is 0 Å². The van der Waals surface area contributed by atoms with Crippen LogP contribution in [0.2, 0.25) is 0 Å². The van der Waals surface area contributed by atoms with Crippen molar-refractivity contribution in [2.75, 3.05) is 6.61 Å². The second-order valence-corrected chi connectivity index (χ2v) is 4.56. The van der Waals surface area contributed by atoms with Crippen LogP contribution < -0.4 is 5.32 Å². The number of nitrogens with zero attached hydrogens (tertiary/aromatic N) is 3. The van der Waals surface area contributed by atoms with Crippen LogP contribution in [0.15, 0.2) is 36.5 Å². The second kappa shape index (κ2) is 7.01. The summed E-state index contributed by atoms with van der Waals surface area (Å²) in [4.78, 5) is 0. The van der Waals surface area contributed by atoms with Gasteiger partial charge in [0.15, 0.2) is 0 Å². The van der Waals surface area contributed by atoms with Crippen molar-refractivity contribution in [2.24, 2.45) is 0 Å². The van der Waals surface area contributed by atoms with Gasteiger partial charge in [0.25, 0.3) is 0 Å². The van der Waals surface area contributed by atoms with Gasteiger partial charge in [-0.1, -0.05) is 35.5 Å². The van der Waals surface area contributed by atoms with Crippen LogP contribution in [-0.2, 0) is 13.1 Å². The highest BCUT2D eigenvalue weighted by Gasteiger charge is 2.06. The molecule has 2 aromatic rings. The van der Waals surface area contributed by atoms with Crippen LogP contribution in [0.3, 0.4) is 0 Å². The molecule has 2 N–H and O–H groups in total. The molecule has 1 aromatic carbocycles. The Balaban J connectivity index is 1.83. The quantitative estimate of drug-likeness (QED) is 0.792. The highest BCUT2D eigenvalue weighted by Crippen LogP contribution is 2.11. The molecule has 2 rings (SSSR count). The van der Waals surface area contributed by atoms with E-state index in [0.29, 0.717) is 19.5 Å². The number of aliphatic hydroxyl groups excluding tert-OH is 1. The van der Waals surface area contributed by atoms with Gasteiger partial charge in [-0.2, -0.15) is 0 Å². The topological polar surface area (TPSA) is 63.0 Å². The fraction of sp³-hybridized carbons (Fsp3) is 0.429. The molecule has 5 nitrogen and oxygen atoms in total. The molecule has 0 spiro atoms. The Morgan fingerprint density at radius 1 is 1.32 bits per heavy atom. The molecule has 102 valence electrons. The summed E-state index contributed by atoms with van der Waals surface area (Å²) in [6.07, 6.45) is 2.62. The maximum absolute atomic E-state index is 8.76. The van der Waals surface area contributed by atoms with E-state index in [-0.39, 0.29) is 12.6 Å². The van der Waals surface area contributed by atoms with Gasteiger partial charge in [0, 0.05) is 31.9 Å². The van der Waals surface area contributed by atoms with E-state index in [9.17, 15) is 0 Å². The fourth-order valence-electron chi connectivity index (χ4n) is 1.88. The Morgan fingerprint density at radius 3 is 2.84 bits per heavy atom. The monoisotopic (exact) mass is 260 g/mol. The van der Waals surface area contributed by atoms with E-state index in [1.165, 1.54) is 5.56 Å². The Kier molecular flexibility index (Phi) is 5.06. The number of rotatable bonds is 7. The lowest BCUT2D eigenvalue weighted by atomic mass is 10.1. The van der Waals surface area contributed by atoms with Gasteiger partial charge >= 0.3 is 0 Å². The van der Waals surface area contributed by atoms with Crippen LogP contribution in [-0.4, -0.2) is 26.7 Å². The average Bonchev–Trinajstić information content (AvgIpc) is 2.91. The summed E-state index contributed by atoms with van der Waals surface area (Å²) in [6.45, 7) is 3.71. The molecule has 0 fully saturated rings. The first-order valence-electron chi connectivity index (χ1n) is 6.58. The van der Waals surface area contributed by atoms with E-state index in [1.54, 1.807) is 4.68 Å². The van der Waals surface area contributed by atoms with Crippen LogP contribution in [0.25, 0.3) is 0 Å². The van der Waals surface area contributed by atoms with Crippen molar-refractivity contribution in [1.82, 2.24) is 20.3 Å². The second-order valence-electron chi connectivity index (χ2n) is 4.56. The van der Waals surface area contributed by atoms with Crippen molar-refractivity contribution >= 4 is 0 Å². The summed E-state index contributed by atoms with van der Waals surface area (Å²) < 4.78 is 1.76. The summed E-state index contributed by atoms with van der Waals surface area (Å²) in [7, 11) is 0. The van der Waals surface area contributed by atoms with Gasteiger partial charge < -0.3 is 10.4 Å². The van der Waals surface area contributed by atoms with Gasteiger partial charge in [0.1, 0.15) is 0 Å². The van der Waals surface area contributed by atoms with Gasteiger partial charge in [-0.05, 0) is 18.9 Å². The van der Waals surface area contributed by atoms with Crippen molar-refractivity contribution in [3.8, 4) is 0 Å². The Bertz CT molecular complexity index is 483. The molecule has 1 atom stereocenters. The molecule has 0 amide bonds. The number of hydrogen-bond acceptors (Lipinski definition) is 4. The van der Waals surface area contributed by atoms with Crippen LogP contribution in [0.1, 0.15) is 30.6 Å². The minimum absolute atomic E-state index is 0.179. The molecule has 0 radical (unpaired) electrons. The minimum atomic E-state index is 0.179.